The standard InChI is InChI=1S/C11H24N4O3S/c1-2-18-7-3-6-13-11(15-12)14-10-4-8-19(16,17)9-5-10/h10H,2-9,12H2,1H3,(H2,13,14,15). The summed E-state index contributed by atoms with van der Waals surface area (Å²) in [6, 6.07) is 0.116. The molecule has 1 heterocycles. The number of aliphatic imine (C=N–C) groups is 1. The maximum atomic E-state index is 11.3. The van der Waals surface area contributed by atoms with Gasteiger partial charge in [0, 0.05) is 25.8 Å². The summed E-state index contributed by atoms with van der Waals surface area (Å²) in [5.74, 6) is 6.36. The zero-order chi connectivity index (χ0) is 14.1. The number of nitrogens with two attached hydrogens (primary N) is 1. The lowest BCUT2D eigenvalue weighted by molar-refractivity contribution is 0.146. The van der Waals surface area contributed by atoms with E-state index in [1.54, 1.807) is 0 Å². The Morgan fingerprint density at radius 1 is 1.42 bits per heavy atom. The van der Waals surface area contributed by atoms with Crippen molar-refractivity contribution >= 4 is 15.8 Å². The van der Waals surface area contributed by atoms with E-state index in [1.165, 1.54) is 0 Å². The summed E-state index contributed by atoms with van der Waals surface area (Å²) in [6.07, 6.45) is 2.03. The molecule has 0 aliphatic carbocycles. The Labute approximate surface area is 114 Å². The quantitative estimate of drug-likeness (QED) is 0.198. The molecule has 1 aliphatic rings. The first-order chi connectivity index (χ1) is 9.07. The molecule has 0 aromatic heterocycles. The highest BCUT2D eigenvalue weighted by Gasteiger charge is 2.23. The number of ether oxygens (including phenoxy) is 1. The first-order valence-corrected chi connectivity index (χ1v) is 8.45. The van der Waals surface area contributed by atoms with Crippen molar-refractivity contribution in [1.29, 1.82) is 0 Å². The first-order valence-electron chi connectivity index (χ1n) is 6.63. The van der Waals surface area contributed by atoms with Crippen LogP contribution in [0, 0.1) is 0 Å². The van der Waals surface area contributed by atoms with Crippen molar-refractivity contribution in [1.82, 2.24) is 10.7 Å². The van der Waals surface area contributed by atoms with E-state index < -0.39 is 9.84 Å². The molecule has 0 bridgehead atoms. The Bertz CT molecular complexity index is 369. The predicted octanol–water partition coefficient (Wildman–Crippen LogP) is -0.601. The number of hydrazine groups is 1. The van der Waals surface area contributed by atoms with E-state index in [1.807, 2.05) is 6.92 Å². The second-order valence-corrected chi connectivity index (χ2v) is 6.80. The van der Waals surface area contributed by atoms with Crippen molar-refractivity contribution in [3.63, 3.8) is 0 Å². The van der Waals surface area contributed by atoms with Gasteiger partial charge >= 0.3 is 0 Å². The molecule has 0 saturated carbocycles. The molecular weight excluding hydrogens is 268 g/mol. The second kappa shape index (κ2) is 8.34. The van der Waals surface area contributed by atoms with Crippen molar-refractivity contribution in [2.45, 2.75) is 32.2 Å². The lowest BCUT2D eigenvalue weighted by Gasteiger charge is -2.24. The van der Waals surface area contributed by atoms with Crippen LogP contribution in [0.4, 0.5) is 0 Å². The number of sulfone groups is 1. The van der Waals surface area contributed by atoms with Crippen LogP contribution in [0.2, 0.25) is 0 Å². The smallest absolute Gasteiger partial charge is 0.205 e. The van der Waals surface area contributed by atoms with E-state index in [0.717, 1.165) is 6.42 Å². The number of nitrogens with one attached hydrogen (secondary N) is 2. The average Bonchev–Trinajstić information content (AvgIpc) is 2.39. The molecule has 0 aromatic rings. The maximum Gasteiger partial charge on any atom is 0.205 e. The Kier molecular flexibility index (Phi) is 7.11. The third-order valence-corrected chi connectivity index (χ3v) is 4.67. The van der Waals surface area contributed by atoms with E-state index in [4.69, 9.17) is 10.6 Å². The third-order valence-electron chi connectivity index (χ3n) is 2.95. The van der Waals surface area contributed by atoms with Gasteiger partial charge in [0.1, 0.15) is 9.84 Å². The van der Waals surface area contributed by atoms with Crippen molar-refractivity contribution in [3.8, 4) is 0 Å². The highest BCUT2D eigenvalue weighted by Crippen LogP contribution is 2.11. The molecule has 0 spiro atoms. The summed E-state index contributed by atoms with van der Waals surface area (Å²) in [5.41, 5.74) is 2.51. The molecule has 112 valence electrons. The van der Waals surface area contributed by atoms with Crippen LogP contribution in [-0.2, 0) is 14.6 Å². The average molecular weight is 292 g/mol. The monoisotopic (exact) mass is 292 g/mol. The van der Waals surface area contributed by atoms with Gasteiger partial charge < -0.3 is 10.1 Å². The van der Waals surface area contributed by atoms with Gasteiger partial charge in [-0.2, -0.15) is 0 Å². The van der Waals surface area contributed by atoms with Crippen molar-refractivity contribution in [2.75, 3.05) is 31.3 Å². The summed E-state index contributed by atoms with van der Waals surface area (Å²) < 4.78 is 27.8. The lowest BCUT2D eigenvalue weighted by atomic mass is 10.2. The Morgan fingerprint density at radius 2 is 2.11 bits per heavy atom. The predicted molar refractivity (Wildman–Crippen MR) is 75.5 cm³/mol. The molecule has 1 saturated heterocycles. The molecule has 7 nitrogen and oxygen atoms in total. The molecule has 0 atom stereocenters. The van der Waals surface area contributed by atoms with Gasteiger partial charge in [-0.1, -0.05) is 0 Å². The van der Waals surface area contributed by atoms with Gasteiger partial charge in [0.25, 0.3) is 0 Å². The van der Waals surface area contributed by atoms with Gasteiger partial charge in [0.2, 0.25) is 5.96 Å². The molecule has 19 heavy (non-hydrogen) atoms. The summed E-state index contributed by atoms with van der Waals surface area (Å²) in [4.78, 5) is 4.28. The van der Waals surface area contributed by atoms with Gasteiger partial charge in [-0.3, -0.25) is 10.4 Å². The molecule has 0 aromatic carbocycles. The van der Waals surface area contributed by atoms with Crippen LogP contribution >= 0.6 is 0 Å². The minimum Gasteiger partial charge on any atom is -0.382 e. The molecule has 1 rings (SSSR count). The van der Waals surface area contributed by atoms with E-state index in [9.17, 15) is 8.42 Å². The molecular formula is C11H24N4O3S. The maximum absolute atomic E-state index is 11.3. The lowest BCUT2D eigenvalue weighted by Crippen LogP contribution is -2.48. The molecule has 0 unspecified atom stereocenters. The Morgan fingerprint density at radius 3 is 2.68 bits per heavy atom. The fraction of sp³-hybridized carbons (Fsp3) is 0.909. The zero-order valence-corrected chi connectivity index (χ0v) is 12.2. The Hall–Kier alpha value is -0.860. The fourth-order valence-electron chi connectivity index (χ4n) is 1.86. The molecule has 0 radical (unpaired) electrons. The first kappa shape index (κ1) is 16.2. The second-order valence-electron chi connectivity index (χ2n) is 4.50. The summed E-state index contributed by atoms with van der Waals surface area (Å²) in [5, 5.41) is 3.14. The summed E-state index contributed by atoms with van der Waals surface area (Å²) >= 11 is 0. The van der Waals surface area contributed by atoms with Crippen LogP contribution < -0.4 is 16.6 Å². The third kappa shape index (κ3) is 6.74. The van der Waals surface area contributed by atoms with Gasteiger partial charge in [0.15, 0.2) is 0 Å². The number of hydrogen-bond donors (Lipinski definition) is 3. The minimum absolute atomic E-state index is 0.116. The van der Waals surface area contributed by atoms with Crippen molar-refractivity contribution in [3.05, 3.63) is 0 Å². The van der Waals surface area contributed by atoms with E-state index in [0.29, 0.717) is 38.6 Å². The Balaban J connectivity index is 2.30. The van der Waals surface area contributed by atoms with Crippen LogP contribution in [0.1, 0.15) is 26.2 Å². The molecule has 8 heteroatoms. The van der Waals surface area contributed by atoms with Crippen LogP contribution in [0.3, 0.4) is 0 Å². The number of hydrogen-bond acceptors (Lipinski definition) is 5. The van der Waals surface area contributed by atoms with Crippen LogP contribution in [-0.4, -0.2) is 51.7 Å². The van der Waals surface area contributed by atoms with Crippen LogP contribution in [0.5, 0.6) is 0 Å². The van der Waals surface area contributed by atoms with Gasteiger partial charge in [0.05, 0.1) is 11.5 Å². The van der Waals surface area contributed by atoms with Gasteiger partial charge in [-0.15, -0.1) is 0 Å². The zero-order valence-electron chi connectivity index (χ0n) is 11.4. The fourth-order valence-corrected chi connectivity index (χ4v) is 3.35. The topological polar surface area (TPSA) is 106 Å². The van der Waals surface area contributed by atoms with Crippen LogP contribution in [0.25, 0.3) is 0 Å². The van der Waals surface area contributed by atoms with Gasteiger partial charge in [-0.05, 0) is 26.2 Å². The normalized spacial score (nSPS) is 20.2. The SMILES string of the molecule is CCOCCCN=C(NN)NC1CCS(=O)(=O)CC1. The van der Waals surface area contributed by atoms with E-state index in [2.05, 4.69) is 15.7 Å². The molecule has 1 fully saturated rings. The minimum atomic E-state index is -2.83. The molecule has 4 N–H and O–H groups in total. The largest absolute Gasteiger partial charge is 0.382 e. The number of guanidine groups is 1. The highest BCUT2D eigenvalue weighted by molar-refractivity contribution is 7.91. The van der Waals surface area contributed by atoms with E-state index in [-0.39, 0.29) is 17.5 Å². The molecule has 0 amide bonds. The van der Waals surface area contributed by atoms with Crippen LogP contribution in [0.15, 0.2) is 4.99 Å². The molecule has 1 aliphatic heterocycles. The highest BCUT2D eigenvalue weighted by atomic mass is 32.2. The van der Waals surface area contributed by atoms with Gasteiger partial charge in [-0.25, -0.2) is 14.3 Å². The number of nitrogens with zero attached hydrogens (tertiary/aromatic N) is 1. The van der Waals surface area contributed by atoms with E-state index >= 15 is 0 Å². The summed E-state index contributed by atoms with van der Waals surface area (Å²) in [6.45, 7) is 3.96. The van der Waals surface area contributed by atoms with Crippen molar-refractivity contribution in [2.24, 2.45) is 10.8 Å². The number of rotatable bonds is 6. The summed E-state index contributed by atoms with van der Waals surface area (Å²) in [7, 11) is -2.83. The van der Waals surface area contributed by atoms with Crippen molar-refractivity contribution < 1.29 is 13.2 Å².